The first-order valence-electron chi connectivity index (χ1n) is 7.26. The van der Waals surface area contributed by atoms with Crippen LogP contribution >= 0.6 is 0 Å². The third-order valence-electron chi connectivity index (χ3n) is 3.17. The Hall–Kier alpha value is -3.36. The van der Waals surface area contributed by atoms with Crippen molar-refractivity contribution in [2.75, 3.05) is 12.4 Å². The molecule has 0 spiro atoms. The van der Waals surface area contributed by atoms with E-state index in [1.165, 1.54) is 37.4 Å². The third-order valence-corrected chi connectivity index (χ3v) is 3.17. The van der Waals surface area contributed by atoms with Crippen LogP contribution in [0.2, 0.25) is 0 Å². The molecule has 0 aromatic heterocycles. The molecule has 0 heterocycles. The fourth-order valence-corrected chi connectivity index (χ4v) is 1.97. The van der Waals surface area contributed by atoms with Crippen LogP contribution in [0.15, 0.2) is 53.6 Å². The number of nitrogens with zero attached hydrogens (tertiary/aromatic N) is 1. The maximum absolute atomic E-state index is 12.8. The van der Waals surface area contributed by atoms with Crippen LogP contribution in [-0.2, 0) is 15.8 Å². The van der Waals surface area contributed by atoms with Gasteiger partial charge in [-0.25, -0.2) is 5.43 Å². The summed E-state index contributed by atoms with van der Waals surface area (Å²) in [6.07, 6.45) is -3.74. The molecule has 2 aromatic rings. The van der Waals surface area contributed by atoms with Gasteiger partial charge < -0.3 is 10.1 Å². The number of nitrogens with one attached hydrogen (secondary N) is 2. The number of methoxy groups -OCH3 is 1. The van der Waals surface area contributed by atoms with E-state index in [4.69, 9.17) is 4.74 Å². The standard InChI is InChI=1S/C17H14F3N3O3/c1-26-13-7-4-6-12(9-13)22-15(24)16(25)23-21-10-11-5-2-3-8-14(11)17(18,19)20/h2-10H,1H3,(H,22,24)(H,23,25)/b21-10-. The first kappa shape index (κ1) is 19.0. The van der Waals surface area contributed by atoms with Crippen molar-refractivity contribution >= 4 is 23.7 Å². The predicted molar refractivity (Wildman–Crippen MR) is 88.8 cm³/mol. The van der Waals surface area contributed by atoms with Crippen LogP contribution in [0.5, 0.6) is 5.75 Å². The minimum atomic E-state index is -4.56. The highest BCUT2D eigenvalue weighted by Gasteiger charge is 2.32. The Balaban J connectivity index is 2.00. The minimum Gasteiger partial charge on any atom is -0.497 e. The number of alkyl halides is 3. The van der Waals surface area contributed by atoms with Crippen LogP contribution in [-0.4, -0.2) is 25.1 Å². The van der Waals surface area contributed by atoms with Gasteiger partial charge in [-0.3, -0.25) is 9.59 Å². The SMILES string of the molecule is COc1cccc(NC(=O)C(=O)N/N=C\c2ccccc2C(F)(F)F)c1. The highest BCUT2D eigenvalue weighted by molar-refractivity contribution is 6.39. The number of amides is 2. The summed E-state index contributed by atoms with van der Waals surface area (Å²) in [6.45, 7) is 0. The molecule has 2 aromatic carbocycles. The fourth-order valence-electron chi connectivity index (χ4n) is 1.97. The molecule has 0 saturated heterocycles. The fraction of sp³-hybridized carbons (Fsp3) is 0.118. The Morgan fingerprint density at radius 3 is 2.50 bits per heavy atom. The second-order valence-electron chi connectivity index (χ2n) is 4.97. The van der Waals surface area contributed by atoms with Crippen molar-refractivity contribution in [3.8, 4) is 5.75 Å². The Bertz CT molecular complexity index is 835. The number of anilines is 1. The minimum absolute atomic E-state index is 0.242. The van der Waals surface area contributed by atoms with Crippen LogP contribution in [0.25, 0.3) is 0 Å². The van der Waals surface area contributed by atoms with Gasteiger partial charge in [-0.1, -0.05) is 24.3 Å². The van der Waals surface area contributed by atoms with Gasteiger partial charge in [-0.05, 0) is 18.2 Å². The molecule has 0 bridgehead atoms. The Morgan fingerprint density at radius 1 is 1.08 bits per heavy atom. The molecule has 0 saturated carbocycles. The first-order valence-corrected chi connectivity index (χ1v) is 7.26. The van der Waals surface area contributed by atoms with Crippen molar-refractivity contribution in [3.63, 3.8) is 0 Å². The molecule has 2 N–H and O–H groups in total. The van der Waals surface area contributed by atoms with Crippen LogP contribution in [0.1, 0.15) is 11.1 Å². The lowest BCUT2D eigenvalue weighted by molar-refractivity contribution is -0.137. The van der Waals surface area contributed by atoms with Gasteiger partial charge in [-0.2, -0.15) is 18.3 Å². The summed E-state index contributed by atoms with van der Waals surface area (Å²) in [5.74, 6) is -1.68. The highest BCUT2D eigenvalue weighted by Crippen LogP contribution is 2.31. The number of benzene rings is 2. The summed E-state index contributed by atoms with van der Waals surface area (Å²) < 4.78 is 43.5. The summed E-state index contributed by atoms with van der Waals surface area (Å²) in [5.41, 5.74) is 1.05. The Labute approximate surface area is 146 Å². The van der Waals surface area contributed by atoms with E-state index in [2.05, 4.69) is 10.4 Å². The normalized spacial score (nSPS) is 11.2. The quantitative estimate of drug-likeness (QED) is 0.497. The highest BCUT2D eigenvalue weighted by atomic mass is 19.4. The zero-order valence-electron chi connectivity index (χ0n) is 13.5. The van der Waals surface area contributed by atoms with Crippen LogP contribution in [0, 0.1) is 0 Å². The second kappa shape index (κ2) is 8.15. The summed E-state index contributed by atoms with van der Waals surface area (Å²) in [5, 5.41) is 5.72. The zero-order valence-corrected chi connectivity index (χ0v) is 13.5. The lowest BCUT2D eigenvalue weighted by atomic mass is 10.1. The lowest BCUT2D eigenvalue weighted by Crippen LogP contribution is -2.32. The average Bonchev–Trinajstić information content (AvgIpc) is 2.61. The van der Waals surface area contributed by atoms with E-state index < -0.39 is 23.6 Å². The van der Waals surface area contributed by atoms with Gasteiger partial charge in [0, 0.05) is 17.3 Å². The average molecular weight is 365 g/mol. The largest absolute Gasteiger partial charge is 0.497 e. The number of hydrazone groups is 1. The number of halogens is 3. The zero-order chi connectivity index (χ0) is 19.2. The molecule has 6 nitrogen and oxygen atoms in total. The van der Waals surface area contributed by atoms with E-state index in [1.54, 1.807) is 12.1 Å². The van der Waals surface area contributed by atoms with Crippen molar-refractivity contribution in [2.24, 2.45) is 5.10 Å². The van der Waals surface area contributed by atoms with Gasteiger partial charge >= 0.3 is 18.0 Å². The van der Waals surface area contributed by atoms with E-state index >= 15 is 0 Å². The van der Waals surface area contributed by atoms with Gasteiger partial charge in [0.1, 0.15) is 5.75 Å². The molecule has 0 unspecified atom stereocenters. The molecule has 0 aliphatic rings. The smallest absolute Gasteiger partial charge is 0.417 e. The number of rotatable bonds is 4. The van der Waals surface area contributed by atoms with E-state index in [0.29, 0.717) is 11.4 Å². The second-order valence-corrected chi connectivity index (χ2v) is 4.97. The van der Waals surface area contributed by atoms with Crippen molar-refractivity contribution in [3.05, 3.63) is 59.7 Å². The van der Waals surface area contributed by atoms with Crippen molar-refractivity contribution in [1.29, 1.82) is 0 Å². The number of ether oxygens (including phenoxy) is 1. The number of hydrogen-bond acceptors (Lipinski definition) is 4. The molecule has 2 rings (SSSR count). The topological polar surface area (TPSA) is 79.8 Å². The molecule has 0 radical (unpaired) electrons. The van der Waals surface area contributed by atoms with Crippen LogP contribution in [0.3, 0.4) is 0 Å². The number of carbonyl (C=O) groups excluding carboxylic acids is 2. The van der Waals surface area contributed by atoms with Crippen molar-refractivity contribution < 1.29 is 27.5 Å². The van der Waals surface area contributed by atoms with Crippen molar-refractivity contribution in [1.82, 2.24) is 5.43 Å². The predicted octanol–water partition coefficient (Wildman–Crippen LogP) is 2.80. The van der Waals surface area contributed by atoms with E-state index in [9.17, 15) is 22.8 Å². The summed E-state index contributed by atoms with van der Waals surface area (Å²) in [7, 11) is 1.45. The molecule has 2 amide bonds. The maximum atomic E-state index is 12.8. The molecule has 0 aliphatic heterocycles. The lowest BCUT2D eigenvalue weighted by Gasteiger charge is -2.09. The molecule has 9 heteroatoms. The molecule has 0 fully saturated rings. The summed E-state index contributed by atoms with van der Waals surface area (Å²) >= 11 is 0. The molecule has 0 aliphatic carbocycles. The van der Waals surface area contributed by atoms with E-state index in [-0.39, 0.29) is 5.56 Å². The first-order chi connectivity index (χ1) is 12.3. The van der Waals surface area contributed by atoms with Crippen LogP contribution in [0.4, 0.5) is 18.9 Å². The molecular weight excluding hydrogens is 351 g/mol. The molecule has 0 atom stereocenters. The monoisotopic (exact) mass is 365 g/mol. The summed E-state index contributed by atoms with van der Waals surface area (Å²) in [4.78, 5) is 23.4. The van der Waals surface area contributed by atoms with Gasteiger partial charge in [0.2, 0.25) is 0 Å². The van der Waals surface area contributed by atoms with E-state index in [1.807, 2.05) is 5.43 Å². The van der Waals surface area contributed by atoms with Crippen LogP contribution < -0.4 is 15.5 Å². The van der Waals surface area contributed by atoms with E-state index in [0.717, 1.165) is 12.3 Å². The molecule has 26 heavy (non-hydrogen) atoms. The molecular formula is C17H14F3N3O3. The summed E-state index contributed by atoms with van der Waals surface area (Å²) in [6, 6.07) is 11.0. The van der Waals surface area contributed by atoms with Crippen molar-refractivity contribution in [2.45, 2.75) is 6.18 Å². The number of carbonyl (C=O) groups is 2. The van der Waals surface area contributed by atoms with Gasteiger partial charge in [0.05, 0.1) is 18.9 Å². The maximum Gasteiger partial charge on any atom is 0.417 e. The molecule has 136 valence electrons. The Morgan fingerprint density at radius 2 is 1.81 bits per heavy atom. The Kier molecular flexibility index (Phi) is 5.94. The van der Waals surface area contributed by atoms with Gasteiger partial charge in [-0.15, -0.1) is 0 Å². The third kappa shape index (κ3) is 5.07. The van der Waals surface area contributed by atoms with Gasteiger partial charge in [0.15, 0.2) is 0 Å². The van der Waals surface area contributed by atoms with Gasteiger partial charge in [0.25, 0.3) is 0 Å². The number of hydrogen-bond donors (Lipinski definition) is 2.